The summed E-state index contributed by atoms with van der Waals surface area (Å²) in [7, 11) is 1.36. The smallest absolute Gasteiger partial charge is 0.338 e. The molecule has 1 aliphatic heterocycles. The van der Waals surface area contributed by atoms with E-state index in [9.17, 15) is 4.79 Å². The van der Waals surface area contributed by atoms with Gasteiger partial charge < -0.3 is 14.8 Å². The Morgan fingerprint density at radius 2 is 1.80 bits per heavy atom. The zero-order valence-corrected chi connectivity index (χ0v) is 24.0. The van der Waals surface area contributed by atoms with Crippen molar-refractivity contribution in [2.24, 2.45) is 0 Å². The Morgan fingerprint density at radius 3 is 2.56 bits per heavy atom. The minimum absolute atomic E-state index is 0.396. The monoisotopic (exact) mass is 603 g/mol. The lowest BCUT2D eigenvalue weighted by molar-refractivity contribution is -0.136. The number of carbonyl (C=O) groups is 1. The standard InChI is InChI=1S/C28H22ClN7O3S2/c1-38-26(37)23-22(16-40-28-33-31-25(41-28)19-5-3-2-4-6-19)30-27-32-34-35-36(27)24(23)18-9-13-21(14-10-18)39-15-17-7-11-20(29)12-8-17/h2-14,24H,15-16H2,1H3,(H,30,32,35). The number of hydrogen-bond acceptors (Lipinski definition) is 11. The number of ether oxygens (including phenoxy) is 2. The first-order valence-corrected chi connectivity index (χ1v) is 14.6. The summed E-state index contributed by atoms with van der Waals surface area (Å²) in [5.74, 6) is 1.02. The molecular formula is C28H22ClN7O3S2. The molecule has 1 atom stereocenters. The quantitative estimate of drug-likeness (QED) is 0.167. The number of benzene rings is 3. The van der Waals surface area contributed by atoms with Crippen LogP contribution in [0.5, 0.6) is 5.75 Å². The Labute approximate surface area is 248 Å². The summed E-state index contributed by atoms with van der Waals surface area (Å²) in [6.07, 6.45) is 0. The Kier molecular flexibility index (Phi) is 7.94. The molecule has 0 amide bonds. The molecule has 3 aromatic carbocycles. The molecule has 2 aromatic heterocycles. The number of hydrogen-bond donors (Lipinski definition) is 1. The lowest BCUT2D eigenvalue weighted by Gasteiger charge is -2.28. The molecule has 0 saturated carbocycles. The van der Waals surface area contributed by atoms with Gasteiger partial charge in [-0.1, -0.05) is 94.4 Å². The van der Waals surface area contributed by atoms with E-state index in [1.807, 2.05) is 78.9 Å². The number of fused-ring (bicyclic) bond motifs is 1. The predicted molar refractivity (Wildman–Crippen MR) is 157 cm³/mol. The third-order valence-electron chi connectivity index (χ3n) is 6.29. The van der Waals surface area contributed by atoms with Crippen molar-refractivity contribution >= 4 is 46.6 Å². The summed E-state index contributed by atoms with van der Waals surface area (Å²) < 4.78 is 13.5. The summed E-state index contributed by atoms with van der Waals surface area (Å²) in [6.45, 7) is 0.396. The van der Waals surface area contributed by atoms with Crippen LogP contribution in [0.15, 0.2) is 94.5 Å². The molecule has 206 valence electrons. The highest BCUT2D eigenvalue weighted by atomic mass is 35.5. The first-order chi connectivity index (χ1) is 20.1. The normalized spacial score (nSPS) is 14.3. The fraction of sp³-hybridized carbons (Fsp3) is 0.143. The average molecular weight is 604 g/mol. The van der Waals surface area contributed by atoms with E-state index in [4.69, 9.17) is 21.1 Å². The Bertz CT molecular complexity index is 1690. The van der Waals surface area contributed by atoms with Crippen molar-refractivity contribution in [1.29, 1.82) is 0 Å². The van der Waals surface area contributed by atoms with Crippen LogP contribution < -0.4 is 10.1 Å². The number of methoxy groups -OCH3 is 1. The van der Waals surface area contributed by atoms with Crippen molar-refractivity contribution in [3.63, 3.8) is 0 Å². The number of rotatable bonds is 9. The van der Waals surface area contributed by atoms with Gasteiger partial charge in [0.05, 0.1) is 12.7 Å². The van der Waals surface area contributed by atoms with Crippen molar-refractivity contribution in [2.75, 3.05) is 18.2 Å². The number of tetrazole rings is 1. The minimum Gasteiger partial charge on any atom is -0.489 e. The van der Waals surface area contributed by atoms with Crippen LogP contribution in [0.4, 0.5) is 5.95 Å². The summed E-state index contributed by atoms with van der Waals surface area (Å²) in [5.41, 5.74) is 3.83. The molecule has 10 nitrogen and oxygen atoms in total. The average Bonchev–Trinajstić information content (AvgIpc) is 3.69. The second kappa shape index (κ2) is 12.1. The molecule has 1 unspecified atom stereocenters. The first kappa shape index (κ1) is 26.9. The predicted octanol–water partition coefficient (Wildman–Crippen LogP) is 5.66. The van der Waals surface area contributed by atoms with E-state index in [1.54, 1.807) is 4.68 Å². The molecule has 5 aromatic rings. The van der Waals surface area contributed by atoms with Gasteiger partial charge in [-0.25, -0.2) is 4.79 Å². The highest BCUT2D eigenvalue weighted by Crippen LogP contribution is 2.38. The molecule has 6 rings (SSSR count). The van der Waals surface area contributed by atoms with E-state index in [0.717, 1.165) is 26.0 Å². The fourth-order valence-electron chi connectivity index (χ4n) is 4.30. The second-order valence-electron chi connectivity index (χ2n) is 8.87. The lowest BCUT2D eigenvalue weighted by Crippen LogP contribution is -2.30. The van der Waals surface area contributed by atoms with Gasteiger partial charge in [0.15, 0.2) is 4.34 Å². The van der Waals surface area contributed by atoms with Crippen LogP contribution in [0, 0.1) is 0 Å². The highest BCUT2D eigenvalue weighted by molar-refractivity contribution is 8.01. The van der Waals surface area contributed by atoms with E-state index >= 15 is 0 Å². The van der Waals surface area contributed by atoms with E-state index < -0.39 is 12.0 Å². The van der Waals surface area contributed by atoms with Crippen molar-refractivity contribution in [1.82, 2.24) is 30.4 Å². The number of nitrogens with one attached hydrogen (secondary N) is 1. The van der Waals surface area contributed by atoms with E-state index in [-0.39, 0.29) is 0 Å². The van der Waals surface area contributed by atoms with E-state index in [2.05, 4.69) is 31.0 Å². The Morgan fingerprint density at radius 1 is 1.02 bits per heavy atom. The van der Waals surface area contributed by atoms with Crippen LogP contribution in [0.1, 0.15) is 17.2 Å². The molecular weight excluding hydrogens is 582 g/mol. The van der Waals surface area contributed by atoms with Crippen molar-refractivity contribution in [3.05, 3.63) is 106 Å². The molecule has 41 heavy (non-hydrogen) atoms. The molecule has 0 saturated heterocycles. The van der Waals surface area contributed by atoms with Crippen molar-refractivity contribution in [3.8, 4) is 16.3 Å². The number of esters is 1. The van der Waals surface area contributed by atoms with Crippen molar-refractivity contribution in [2.45, 2.75) is 17.0 Å². The zero-order chi connectivity index (χ0) is 28.2. The second-order valence-corrected chi connectivity index (χ2v) is 11.5. The zero-order valence-electron chi connectivity index (χ0n) is 21.6. The molecule has 0 spiro atoms. The summed E-state index contributed by atoms with van der Waals surface area (Å²) in [5, 5.41) is 25.5. The molecule has 0 radical (unpaired) electrons. The van der Waals surface area contributed by atoms with Gasteiger partial charge in [0, 0.05) is 22.0 Å². The van der Waals surface area contributed by atoms with E-state index in [0.29, 0.717) is 40.4 Å². The van der Waals surface area contributed by atoms with Crippen LogP contribution in [0.3, 0.4) is 0 Å². The Hall–Kier alpha value is -4.26. The first-order valence-electron chi connectivity index (χ1n) is 12.4. The van der Waals surface area contributed by atoms with Gasteiger partial charge in [0.25, 0.3) is 0 Å². The highest BCUT2D eigenvalue weighted by Gasteiger charge is 2.36. The van der Waals surface area contributed by atoms with Gasteiger partial charge >= 0.3 is 5.97 Å². The molecule has 13 heteroatoms. The van der Waals surface area contributed by atoms with Crippen LogP contribution in [0.2, 0.25) is 5.02 Å². The van der Waals surface area contributed by atoms with Crippen LogP contribution >= 0.6 is 34.7 Å². The molecule has 1 aliphatic rings. The summed E-state index contributed by atoms with van der Waals surface area (Å²) in [4.78, 5) is 13.2. The third kappa shape index (κ3) is 5.94. The Balaban J connectivity index is 1.25. The van der Waals surface area contributed by atoms with Gasteiger partial charge in [-0.15, -0.1) is 10.2 Å². The van der Waals surface area contributed by atoms with Crippen LogP contribution in [-0.2, 0) is 16.1 Å². The molecule has 1 N–H and O–H groups in total. The maximum Gasteiger partial charge on any atom is 0.338 e. The molecule has 0 bridgehead atoms. The van der Waals surface area contributed by atoms with Gasteiger partial charge in [0.1, 0.15) is 23.4 Å². The molecule has 3 heterocycles. The van der Waals surface area contributed by atoms with E-state index in [1.165, 1.54) is 30.2 Å². The number of nitrogens with zero attached hydrogens (tertiary/aromatic N) is 6. The number of aromatic nitrogens is 6. The van der Waals surface area contributed by atoms with Crippen LogP contribution in [-0.4, -0.2) is 49.2 Å². The molecule has 0 fully saturated rings. The number of halogens is 1. The van der Waals surface area contributed by atoms with Gasteiger partial charge in [-0.3, -0.25) is 0 Å². The summed E-state index contributed by atoms with van der Waals surface area (Å²) in [6, 6.07) is 24.3. The SMILES string of the molecule is COC(=O)C1=C(CSc2nnc(-c3ccccc3)s2)Nc2nnnn2C1c1ccc(OCc2ccc(Cl)cc2)cc1. The van der Waals surface area contributed by atoms with Gasteiger partial charge in [-0.05, 0) is 45.8 Å². The van der Waals surface area contributed by atoms with Crippen molar-refractivity contribution < 1.29 is 14.3 Å². The van der Waals surface area contributed by atoms with Gasteiger partial charge in [-0.2, -0.15) is 4.68 Å². The lowest BCUT2D eigenvalue weighted by atomic mass is 9.95. The number of anilines is 1. The van der Waals surface area contributed by atoms with Crippen LogP contribution in [0.25, 0.3) is 10.6 Å². The fourth-order valence-corrected chi connectivity index (χ4v) is 6.25. The maximum atomic E-state index is 13.2. The van der Waals surface area contributed by atoms with Gasteiger partial charge in [0.2, 0.25) is 5.95 Å². The number of thioether (sulfide) groups is 1. The topological polar surface area (TPSA) is 117 Å². The minimum atomic E-state index is -0.607. The molecule has 0 aliphatic carbocycles. The third-order valence-corrected chi connectivity index (χ3v) is 8.67. The maximum absolute atomic E-state index is 13.2. The summed E-state index contributed by atoms with van der Waals surface area (Å²) >= 11 is 8.93. The number of carbonyl (C=O) groups excluding carboxylic acids is 1. The largest absolute Gasteiger partial charge is 0.489 e.